The molecule has 0 aliphatic carbocycles. The van der Waals surface area contributed by atoms with Crippen molar-refractivity contribution in [2.75, 3.05) is 13.1 Å². The minimum absolute atomic E-state index is 0.00337. The van der Waals surface area contributed by atoms with E-state index in [1.165, 1.54) is 0 Å². The van der Waals surface area contributed by atoms with E-state index in [-0.39, 0.29) is 13.1 Å². The van der Waals surface area contributed by atoms with Crippen LogP contribution < -0.4 is 0 Å². The van der Waals surface area contributed by atoms with Gasteiger partial charge in [-0.2, -0.15) is 17.6 Å². The monoisotopic (exact) mass is 320 g/mol. The predicted octanol–water partition coefficient (Wildman–Crippen LogP) is 2.53. The fourth-order valence-corrected chi connectivity index (χ4v) is 2.47. The van der Waals surface area contributed by atoms with E-state index in [1.54, 1.807) is 13.8 Å². The minimum atomic E-state index is -4.05. The molecular weight excluding hydrogens is 304 g/mol. The normalized spacial score (nSPS) is 23.2. The molecule has 0 saturated heterocycles. The zero-order valence-corrected chi connectivity index (χ0v) is 12.2. The third kappa shape index (κ3) is 2.30. The lowest BCUT2D eigenvalue weighted by atomic mass is 9.99. The van der Waals surface area contributed by atoms with Crippen LogP contribution in [0.3, 0.4) is 0 Å². The number of halogens is 4. The van der Waals surface area contributed by atoms with E-state index in [2.05, 4.69) is 0 Å². The van der Waals surface area contributed by atoms with Crippen LogP contribution in [0.4, 0.5) is 17.6 Å². The van der Waals surface area contributed by atoms with Crippen molar-refractivity contribution in [2.45, 2.75) is 38.5 Å². The molecule has 8 heteroatoms. The van der Waals surface area contributed by atoms with Gasteiger partial charge >= 0.3 is 23.7 Å². The van der Waals surface area contributed by atoms with Gasteiger partial charge in [0.2, 0.25) is 0 Å². The van der Waals surface area contributed by atoms with Crippen LogP contribution in [-0.2, 0) is 9.59 Å². The summed E-state index contributed by atoms with van der Waals surface area (Å²) in [4.78, 5) is 24.7. The Morgan fingerprint density at radius 1 is 0.818 bits per heavy atom. The van der Waals surface area contributed by atoms with Crippen LogP contribution in [0.15, 0.2) is 23.5 Å². The van der Waals surface area contributed by atoms with Gasteiger partial charge in [-0.15, -0.1) is 0 Å². The number of nitrogens with zero attached hydrogens (tertiary/aromatic N) is 2. The first-order chi connectivity index (χ1) is 10.2. The van der Waals surface area contributed by atoms with Gasteiger partial charge in [0, 0.05) is 25.5 Å². The number of amides is 2. The number of rotatable bonds is 5. The molecule has 0 unspecified atom stereocenters. The third-order valence-electron chi connectivity index (χ3n) is 3.52. The van der Waals surface area contributed by atoms with Crippen molar-refractivity contribution >= 4 is 11.8 Å². The smallest absolute Gasteiger partial charge is 0.313 e. The summed E-state index contributed by atoms with van der Waals surface area (Å²) in [6.45, 7) is 3.35. The first-order valence-electron chi connectivity index (χ1n) is 7.00. The third-order valence-corrected chi connectivity index (χ3v) is 3.52. The Kier molecular flexibility index (Phi) is 4.06. The van der Waals surface area contributed by atoms with E-state index in [0.717, 1.165) is 22.2 Å². The van der Waals surface area contributed by atoms with E-state index in [1.807, 2.05) is 0 Å². The van der Waals surface area contributed by atoms with Gasteiger partial charge in [-0.05, 0) is 12.8 Å². The lowest BCUT2D eigenvalue weighted by Gasteiger charge is -2.17. The van der Waals surface area contributed by atoms with Crippen molar-refractivity contribution in [1.29, 1.82) is 0 Å². The molecule has 2 rings (SSSR count). The lowest BCUT2D eigenvalue weighted by Crippen LogP contribution is -2.39. The number of carbonyl (C=O) groups is 2. The van der Waals surface area contributed by atoms with Crippen LogP contribution in [0.2, 0.25) is 0 Å². The maximum absolute atomic E-state index is 14.0. The number of hydrogen-bond acceptors (Lipinski definition) is 2. The molecule has 22 heavy (non-hydrogen) atoms. The van der Waals surface area contributed by atoms with Crippen molar-refractivity contribution in [3.63, 3.8) is 0 Å². The van der Waals surface area contributed by atoms with Crippen LogP contribution in [0.25, 0.3) is 0 Å². The second-order valence-electron chi connectivity index (χ2n) is 5.23. The molecule has 2 amide bonds. The lowest BCUT2D eigenvalue weighted by molar-refractivity contribution is -0.148. The summed E-state index contributed by atoms with van der Waals surface area (Å²) < 4.78 is 56.2. The molecule has 0 atom stereocenters. The summed E-state index contributed by atoms with van der Waals surface area (Å²) in [6, 6.07) is 0. The largest absolute Gasteiger partial charge is 0.352 e. The van der Waals surface area contributed by atoms with Gasteiger partial charge < -0.3 is 9.80 Å². The number of carbonyl (C=O) groups excluding carboxylic acids is 2. The zero-order valence-electron chi connectivity index (χ0n) is 12.2. The topological polar surface area (TPSA) is 40.6 Å². The Morgan fingerprint density at radius 2 is 1.14 bits per heavy atom. The van der Waals surface area contributed by atoms with Gasteiger partial charge in [0.05, 0.1) is 11.1 Å². The first kappa shape index (κ1) is 16.5. The van der Waals surface area contributed by atoms with Crippen molar-refractivity contribution in [1.82, 2.24) is 9.80 Å². The van der Waals surface area contributed by atoms with Gasteiger partial charge in [0.15, 0.2) is 0 Å². The summed E-state index contributed by atoms with van der Waals surface area (Å²) in [7, 11) is 0. The quantitative estimate of drug-likeness (QED) is 0.731. The highest BCUT2D eigenvalue weighted by molar-refractivity contribution is 5.97. The molecule has 0 N–H and O–H groups in total. The molecule has 0 aromatic heterocycles. The fraction of sp³-hybridized carbons (Fsp3) is 0.571. The minimum Gasteiger partial charge on any atom is -0.313 e. The molecule has 4 nitrogen and oxygen atoms in total. The standard InChI is InChI=1S/C14H16F4N2O2/c1-3-5-19-7-9(13(15,16)11(19)21)10-8-20(6-4-2)12(22)14(10,17)18/h7-8H,3-6H2,1-2H3. The highest BCUT2D eigenvalue weighted by atomic mass is 19.3. The Hall–Kier alpha value is -1.86. The highest BCUT2D eigenvalue weighted by Gasteiger charge is 2.60. The Bertz CT molecular complexity index is 519. The SMILES string of the molecule is CCCN1C=C(C2=CN(CCC)C(=O)C2(F)F)C(F)(F)C1=O. The summed E-state index contributed by atoms with van der Waals surface area (Å²) in [6.07, 6.45) is 2.27. The van der Waals surface area contributed by atoms with Crippen LogP contribution >= 0.6 is 0 Å². The molecule has 2 aliphatic heterocycles. The molecule has 122 valence electrons. The molecular formula is C14H16F4N2O2. The summed E-state index contributed by atoms with van der Waals surface area (Å²) >= 11 is 0. The average Bonchev–Trinajstić information content (AvgIpc) is 2.79. The van der Waals surface area contributed by atoms with E-state index < -0.39 is 34.8 Å². The van der Waals surface area contributed by atoms with Crippen molar-refractivity contribution < 1.29 is 27.2 Å². The van der Waals surface area contributed by atoms with Gasteiger partial charge in [-0.1, -0.05) is 13.8 Å². The van der Waals surface area contributed by atoms with E-state index in [4.69, 9.17) is 0 Å². The fourth-order valence-electron chi connectivity index (χ4n) is 2.47. The molecule has 0 spiro atoms. The molecule has 0 fully saturated rings. The zero-order chi connectivity index (χ0) is 16.7. The van der Waals surface area contributed by atoms with E-state index in [0.29, 0.717) is 12.8 Å². The van der Waals surface area contributed by atoms with Gasteiger partial charge in [-0.3, -0.25) is 9.59 Å². The number of alkyl halides is 4. The average molecular weight is 320 g/mol. The van der Waals surface area contributed by atoms with E-state index >= 15 is 0 Å². The molecule has 2 aliphatic rings. The molecule has 0 radical (unpaired) electrons. The first-order valence-corrected chi connectivity index (χ1v) is 7.00. The Morgan fingerprint density at radius 3 is 1.41 bits per heavy atom. The van der Waals surface area contributed by atoms with Gasteiger partial charge in [0.25, 0.3) is 0 Å². The summed E-state index contributed by atoms with van der Waals surface area (Å²) in [5.74, 6) is -11.2. The van der Waals surface area contributed by atoms with Gasteiger partial charge in [-0.25, -0.2) is 0 Å². The van der Waals surface area contributed by atoms with Crippen LogP contribution in [0.1, 0.15) is 26.7 Å². The van der Waals surface area contributed by atoms with Gasteiger partial charge in [0.1, 0.15) is 0 Å². The number of hydrogen-bond donors (Lipinski definition) is 0. The second kappa shape index (κ2) is 5.40. The Balaban J connectivity index is 2.45. The predicted molar refractivity (Wildman–Crippen MR) is 70.1 cm³/mol. The Labute approximate surface area is 125 Å². The summed E-state index contributed by atoms with van der Waals surface area (Å²) in [5, 5.41) is 0. The van der Waals surface area contributed by atoms with E-state index in [9.17, 15) is 27.2 Å². The van der Waals surface area contributed by atoms with Crippen LogP contribution in [0.5, 0.6) is 0 Å². The maximum atomic E-state index is 14.0. The highest BCUT2D eigenvalue weighted by Crippen LogP contribution is 2.46. The van der Waals surface area contributed by atoms with Crippen LogP contribution in [0, 0.1) is 0 Å². The van der Waals surface area contributed by atoms with Crippen molar-refractivity contribution in [3.05, 3.63) is 23.5 Å². The second-order valence-corrected chi connectivity index (χ2v) is 5.23. The maximum Gasteiger partial charge on any atom is 0.352 e. The summed E-state index contributed by atoms with van der Waals surface area (Å²) in [5.41, 5.74) is -2.19. The molecule has 2 heterocycles. The van der Waals surface area contributed by atoms with Crippen molar-refractivity contribution in [2.24, 2.45) is 0 Å². The molecule has 0 bridgehead atoms. The molecule has 0 aromatic rings. The van der Waals surface area contributed by atoms with Crippen LogP contribution in [-0.4, -0.2) is 46.5 Å². The molecule has 0 aromatic carbocycles. The van der Waals surface area contributed by atoms with Crippen molar-refractivity contribution in [3.8, 4) is 0 Å². The molecule has 0 saturated carbocycles.